The van der Waals surface area contributed by atoms with E-state index in [4.69, 9.17) is 4.74 Å². The van der Waals surface area contributed by atoms with Crippen LogP contribution in [0.1, 0.15) is 47.6 Å². The average molecular weight is 436 g/mol. The normalized spacial score (nSPS) is 22.8. The van der Waals surface area contributed by atoms with Gasteiger partial charge in [0.1, 0.15) is 0 Å². The topological polar surface area (TPSA) is 88.6 Å². The molecule has 1 N–H and O–H groups in total. The average Bonchev–Trinajstić information content (AvgIpc) is 3.09. The SMILES string of the molecule is CC1CN(S(=O)(=O)c2ccc(C(=O)Nc3nc4c(s3)CCCC4)cc2)CC(C)O1. The minimum Gasteiger partial charge on any atom is -0.373 e. The van der Waals surface area contributed by atoms with Crippen molar-refractivity contribution in [3.63, 3.8) is 0 Å². The summed E-state index contributed by atoms with van der Waals surface area (Å²) in [7, 11) is -3.62. The van der Waals surface area contributed by atoms with Crippen LogP contribution in [0.3, 0.4) is 0 Å². The minimum absolute atomic E-state index is 0.150. The number of carbonyl (C=O) groups is 1. The van der Waals surface area contributed by atoms with Crippen molar-refractivity contribution in [1.29, 1.82) is 0 Å². The van der Waals surface area contributed by atoms with Crippen molar-refractivity contribution in [3.05, 3.63) is 40.4 Å². The highest BCUT2D eigenvalue weighted by Gasteiger charge is 2.32. The number of hydrogen-bond donors (Lipinski definition) is 1. The van der Waals surface area contributed by atoms with E-state index >= 15 is 0 Å². The first kappa shape index (κ1) is 20.5. The third kappa shape index (κ3) is 4.37. The van der Waals surface area contributed by atoms with Crippen molar-refractivity contribution in [1.82, 2.24) is 9.29 Å². The Morgan fingerprint density at radius 1 is 1.14 bits per heavy atom. The third-order valence-corrected chi connectivity index (χ3v) is 8.13. The summed E-state index contributed by atoms with van der Waals surface area (Å²) in [6, 6.07) is 6.07. The van der Waals surface area contributed by atoms with Crippen molar-refractivity contribution < 1.29 is 17.9 Å². The quantitative estimate of drug-likeness (QED) is 0.797. The van der Waals surface area contributed by atoms with Crippen LogP contribution in [0, 0.1) is 0 Å². The number of thiazole rings is 1. The van der Waals surface area contributed by atoms with E-state index in [0.29, 0.717) is 23.8 Å². The first-order chi connectivity index (χ1) is 13.8. The van der Waals surface area contributed by atoms with Gasteiger partial charge in [0.2, 0.25) is 10.0 Å². The number of amides is 1. The number of benzene rings is 1. The van der Waals surface area contributed by atoms with Gasteiger partial charge in [-0.3, -0.25) is 10.1 Å². The number of nitrogens with one attached hydrogen (secondary N) is 1. The zero-order valence-corrected chi connectivity index (χ0v) is 18.2. The summed E-state index contributed by atoms with van der Waals surface area (Å²) in [5, 5.41) is 3.45. The molecule has 0 bridgehead atoms. The van der Waals surface area contributed by atoms with Crippen LogP contribution < -0.4 is 5.32 Å². The van der Waals surface area contributed by atoms with Crippen LogP contribution in [0.15, 0.2) is 29.2 Å². The Labute approximate surface area is 175 Å². The predicted molar refractivity (Wildman–Crippen MR) is 112 cm³/mol. The molecule has 1 aliphatic heterocycles. The summed E-state index contributed by atoms with van der Waals surface area (Å²) in [6.07, 6.45) is 3.99. The molecule has 0 radical (unpaired) electrons. The molecule has 1 aliphatic carbocycles. The molecule has 1 amide bonds. The zero-order chi connectivity index (χ0) is 20.6. The Kier molecular flexibility index (Phi) is 5.74. The van der Waals surface area contributed by atoms with E-state index in [-0.39, 0.29) is 23.0 Å². The first-order valence-corrected chi connectivity index (χ1v) is 12.1. The molecule has 2 unspecified atom stereocenters. The molecule has 1 saturated heterocycles. The highest BCUT2D eigenvalue weighted by Crippen LogP contribution is 2.30. The lowest BCUT2D eigenvalue weighted by molar-refractivity contribution is -0.0440. The second-order valence-electron chi connectivity index (χ2n) is 7.65. The fourth-order valence-electron chi connectivity index (χ4n) is 3.83. The number of ether oxygens (including phenoxy) is 1. The lowest BCUT2D eigenvalue weighted by atomic mass is 10.0. The van der Waals surface area contributed by atoms with Gasteiger partial charge < -0.3 is 4.74 Å². The molecule has 1 aromatic heterocycles. The van der Waals surface area contributed by atoms with Gasteiger partial charge in [0, 0.05) is 23.5 Å². The maximum absolute atomic E-state index is 12.9. The summed E-state index contributed by atoms with van der Waals surface area (Å²) in [4.78, 5) is 18.5. The summed E-state index contributed by atoms with van der Waals surface area (Å²) in [5.74, 6) is -0.284. The number of nitrogens with zero attached hydrogens (tertiary/aromatic N) is 2. The van der Waals surface area contributed by atoms with E-state index in [9.17, 15) is 13.2 Å². The molecular formula is C20H25N3O4S2. The van der Waals surface area contributed by atoms with Crippen molar-refractivity contribution in [2.24, 2.45) is 0 Å². The number of aromatic nitrogens is 1. The molecule has 156 valence electrons. The number of anilines is 1. The van der Waals surface area contributed by atoms with Gasteiger partial charge in [-0.2, -0.15) is 4.31 Å². The monoisotopic (exact) mass is 435 g/mol. The molecule has 0 saturated carbocycles. The van der Waals surface area contributed by atoms with Crippen LogP contribution in [0.5, 0.6) is 0 Å². The third-order valence-electron chi connectivity index (χ3n) is 5.21. The Bertz CT molecular complexity index is 968. The van der Waals surface area contributed by atoms with Crippen LogP contribution in [-0.4, -0.2) is 48.9 Å². The van der Waals surface area contributed by atoms with Crippen molar-refractivity contribution >= 4 is 32.4 Å². The van der Waals surface area contributed by atoms with E-state index in [0.717, 1.165) is 25.0 Å². The van der Waals surface area contributed by atoms with Crippen molar-refractivity contribution in [3.8, 4) is 0 Å². The maximum atomic E-state index is 12.9. The highest BCUT2D eigenvalue weighted by atomic mass is 32.2. The fraction of sp³-hybridized carbons (Fsp3) is 0.500. The Balaban J connectivity index is 1.47. The first-order valence-electron chi connectivity index (χ1n) is 9.88. The molecule has 4 rings (SSSR count). The van der Waals surface area contributed by atoms with E-state index in [1.807, 2.05) is 13.8 Å². The Morgan fingerprint density at radius 3 is 2.45 bits per heavy atom. The van der Waals surface area contributed by atoms with Gasteiger partial charge in [-0.05, 0) is 63.8 Å². The van der Waals surface area contributed by atoms with Crippen molar-refractivity contribution in [2.45, 2.75) is 56.6 Å². The molecule has 7 nitrogen and oxygen atoms in total. The molecule has 2 aliphatic rings. The number of fused-ring (bicyclic) bond motifs is 1. The van der Waals surface area contributed by atoms with E-state index in [1.54, 1.807) is 12.1 Å². The maximum Gasteiger partial charge on any atom is 0.257 e. The second-order valence-corrected chi connectivity index (χ2v) is 10.7. The van der Waals surface area contributed by atoms with E-state index in [1.165, 1.54) is 39.1 Å². The summed E-state index contributed by atoms with van der Waals surface area (Å²) >= 11 is 1.53. The highest BCUT2D eigenvalue weighted by molar-refractivity contribution is 7.89. The van der Waals surface area contributed by atoms with Crippen LogP contribution in [0.2, 0.25) is 0 Å². The van der Waals surface area contributed by atoms with Crippen LogP contribution in [0.4, 0.5) is 5.13 Å². The largest absolute Gasteiger partial charge is 0.373 e. The van der Waals surface area contributed by atoms with Crippen molar-refractivity contribution in [2.75, 3.05) is 18.4 Å². The number of rotatable bonds is 4. The lowest BCUT2D eigenvalue weighted by Crippen LogP contribution is -2.48. The molecule has 2 atom stereocenters. The van der Waals surface area contributed by atoms with Gasteiger partial charge in [-0.15, -0.1) is 11.3 Å². The second kappa shape index (κ2) is 8.14. The molecule has 2 aromatic rings. The number of aryl methyl sites for hydroxylation is 2. The molecule has 0 spiro atoms. The fourth-order valence-corrected chi connectivity index (χ4v) is 6.46. The molecule has 1 aromatic carbocycles. The lowest BCUT2D eigenvalue weighted by Gasteiger charge is -2.34. The van der Waals surface area contributed by atoms with Gasteiger partial charge in [0.05, 0.1) is 22.8 Å². The summed E-state index contributed by atoms with van der Waals surface area (Å²) in [6.45, 7) is 4.37. The van der Waals surface area contributed by atoms with Crippen LogP contribution in [0.25, 0.3) is 0 Å². The van der Waals surface area contributed by atoms with Crippen LogP contribution >= 0.6 is 11.3 Å². The number of hydrogen-bond acceptors (Lipinski definition) is 6. The summed E-state index contributed by atoms with van der Waals surface area (Å²) < 4.78 is 32.9. The molecule has 29 heavy (non-hydrogen) atoms. The Hall–Kier alpha value is -1.81. The number of carbonyl (C=O) groups excluding carboxylic acids is 1. The predicted octanol–water partition coefficient (Wildman–Crippen LogP) is 3.07. The van der Waals surface area contributed by atoms with E-state index < -0.39 is 10.0 Å². The molecular weight excluding hydrogens is 410 g/mol. The van der Waals surface area contributed by atoms with Crippen LogP contribution in [-0.2, 0) is 27.6 Å². The molecule has 2 heterocycles. The minimum atomic E-state index is -3.62. The van der Waals surface area contributed by atoms with Gasteiger partial charge in [0.15, 0.2) is 5.13 Å². The number of sulfonamides is 1. The Morgan fingerprint density at radius 2 is 1.79 bits per heavy atom. The number of morpholine rings is 1. The summed E-state index contributed by atoms with van der Waals surface area (Å²) in [5.41, 5.74) is 1.49. The molecule has 1 fully saturated rings. The van der Waals surface area contributed by atoms with E-state index in [2.05, 4.69) is 10.3 Å². The molecule has 9 heteroatoms. The smallest absolute Gasteiger partial charge is 0.257 e. The van der Waals surface area contributed by atoms with Gasteiger partial charge in [0.25, 0.3) is 5.91 Å². The zero-order valence-electron chi connectivity index (χ0n) is 16.6. The van der Waals surface area contributed by atoms with Gasteiger partial charge >= 0.3 is 0 Å². The standard InChI is InChI=1S/C20H25N3O4S2/c1-13-11-23(12-14(2)27-13)29(25,26)16-9-7-15(8-10-16)19(24)22-20-21-17-5-3-4-6-18(17)28-20/h7-10,13-14H,3-6,11-12H2,1-2H3,(H,21,22,24). The van der Waals surface area contributed by atoms with Gasteiger partial charge in [-0.25, -0.2) is 13.4 Å². The van der Waals surface area contributed by atoms with Gasteiger partial charge in [-0.1, -0.05) is 0 Å².